The maximum atomic E-state index is 10.6. The normalized spacial score (nSPS) is 10.4. The molecule has 1 N–H and O–H groups in total. The maximum Gasteiger partial charge on any atom is 0.338 e. The molecule has 0 radical (unpaired) electrons. The van der Waals surface area contributed by atoms with E-state index in [-0.39, 0.29) is 17.8 Å². The highest BCUT2D eigenvalue weighted by Crippen LogP contribution is 2.12. The van der Waals surface area contributed by atoms with Crippen molar-refractivity contribution in [2.24, 2.45) is 0 Å². The molecule has 8 nitrogen and oxygen atoms in total. The Hall–Kier alpha value is -2.64. The molecule has 2 heterocycles. The van der Waals surface area contributed by atoms with Gasteiger partial charge in [0.15, 0.2) is 0 Å². The van der Waals surface area contributed by atoms with E-state index in [9.17, 15) is 14.9 Å². The zero-order valence-electron chi connectivity index (χ0n) is 8.44. The van der Waals surface area contributed by atoms with Crippen LogP contribution in [0.4, 0.5) is 5.69 Å². The predicted octanol–water partition coefficient (Wildman–Crippen LogP) is 1.13. The molecule has 0 aromatic carbocycles. The Bertz CT molecular complexity index is 520. The minimum atomic E-state index is -1.09. The number of hydrogen-bond donors (Lipinski definition) is 1. The standard InChI is InChI=1S/C9H7N3O5/c13-9(14)6-1-8(17-5-6)4-11-3-7(2-10-11)12(15)16/h1-3,5H,4H2,(H,13,14). The van der Waals surface area contributed by atoms with Crippen LogP contribution < -0.4 is 0 Å². The average molecular weight is 237 g/mol. The second-order valence-electron chi connectivity index (χ2n) is 3.26. The van der Waals surface area contributed by atoms with Gasteiger partial charge in [-0.1, -0.05) is 0 Å². The lowest BCUT2D eigenvalue weighted by Gasteiger charge is -1.94. The lowest BCUT2D eigenvalue weighted by molar-refractivity contribution is -0.385. The van der Waals surface area contributed by atoms with Gasteiger partial charge in [-0.25, -0.2) is 4.79 Å². The van der Waals surface area contributed by atoms with Gasteiger partial charge < -0.3 is 9.52 Å². The van der Waals surface area contributed by atoms with E-state index in [1.807, 2.05) is 0 Å². The van der Waals surface area contributed by atoms with Crippen molar-refractivity contribution in [3.8, 4) is 0 Å². The molecule has 17 heavy (non-hydrogen) atoms. The van der Waals surface area contributed by atoms with Gasteiger partial charge in [-0.3, -0.25) is 14.8 Å². The summed E-state index contributed by atoms with van der Waals surface area (Å²) < 4.78 is 6.28. The van der Waals surface area contributed by atoms with Crippen LogP contribution in [-0.4, -0.2) is 25.8 Å². The molecule has 8 heteroatoms. The van der Waals surface area contributed by atoms with Crippen LogP contribution in [0.15, 0.2) is 29.1 Å². The van der Waals surface area contributed by atoms with E-state index in [4.69, 9.17) is 9.52 Å². The summed E-state index contributed by atoms with van der Waals surface area (Å²) in [6.45, 7) is 0.140. The molecule has 2 aromatic heterocycles. The van der Waals surface area contributed by atoms with Crippen molar-refractivity contribution in [2.75, 3.05) is 0 Å². The van der Waals surface area contributed by atoms with Crippen LogP contribution in [0.5, 0.6) is 0 Å². The van der Waals surface area contributed by atoms with Crippen molar-refractivity contribution in [3.63, 3.8) is 0 Å². The van der Waals surface area contributed by atoms with Gasteiger partial charge in [0.25, 0.3) is 0 Å². The van der Waals surface area contributed by atoms with Crippen LogP contribution in [0.2, 0.25) is 0 Å². The first-order valence-electron chi connectivity index (χ1n) is 4.54. The van der Waals surface area contributed by atoms with Crippen molar-refractivity contribution in [2.45, 2.75) is 6.54 Å². The molecule has 0 amide bonds. The van der Waals surface area contributed by atoms with E-state index in [0.717, 1.165) is 12.5 Å². The number of furan rings is 1. The summed E-state index contributed by atoms with van der Waals surface area (Å²) in [5.74, 6) is -0.730. The number of nitrogens with zero attached hydrogens (tertiary/aromatic N) is 3. The number of rotatable bonds is 4. The number of hydrogen-bond acceptors (Lipinski definition) is 5. The molecule has 2 aromatic rings. The summed E-state index contributed by atoms with van der Waals surface area (Å²) in [6.07, 6.45) is 3.46. The first-order chi connectivity index (χ1) is 8.06. The highest BCUT2D eigenvalue weighted by Gasteiger charge is 2.12. The number of carboxylic acids is 1. The highest BCUT2D eigenvalue weighted by atomic mass is 16.6. The quantitative estimate of drug-likeness (QED) is 0.630. The summed E-state index contributed by atoms with van der Waals surface area (Å²) in [5.41, 5.74) is -0.100. The molecule has 0 saturated heterocycles. The van der Waals surface area contributed by atoms with Gasteiger partial charge in [0, 0.05) is 0 Å². The lowest BCUT2D eigenvalue weighted by Crippen LogP contribution is -1.99. The molecule has 0 unspecified atom stereocenters. The molecule has 0 spiro atoms. The Morgan fingerprint density at radius 3 is 2.94 bits per heavy atom. The SMILES string of the molecule is O=C(O)c1coc(Cn2cc([N+](=O)[O-])cn2)c1. The zero-order valence-corrected chi connectivity index (χ0v) is 8.44. The number of carbonyl (C=O) groups is 1. The average Bonchev–Trinajstić information content (AvgIpc) is 2.87. The first-order valence-corrected chi connectivity index (χ1v) is 4.54. The molecule has 0 bridgehead atoms. The van der Waals surface area contributed by atoms with E-state index in [1.165, 1.54) is 16.9 Å². The molecule has 0 aliphatic rings. The zero-order chi connectivity index (χ0) is 12.4. The fraction of sp³-hybridized carbons (Fsp3) is 0.111. The number of aromatic nitrogens is 2. The Labute approximate surface area is 94.2 Å². The molecular weight excluding hydrogens is 230 g/mol. The Morgan fingerprint density at radius 2 is 2.41 bits per heavy atom. The maximum absolute atomic E-state index is 10.6. The number of nitro groups is 1. The number of carboxylic acid groups (broad SMARTS) is 1. The summed E-state index contributed by atoms with van der Waals surface area (Å²) in [6, 6.07) is 1.34. The summed E-state index contributed by atoms with van der Waals surface area (Å²) in [4.78, 5) is 20.4. The minimum absolute atomic E-state index is 0.0293. The van der Waals surface area contributed by atoms with Gasteiger partial charge in [-0.2, -0.15) is 5.10 Å². The van der Waals surface area contributed by atoms with Crippen molar-refractivity contribution in [3.05, 3.63) is 46.2 Å². The van der Waals surface area contributed by atoms with Crippen molar-refractivity contribution < 1.29 is 19.2 Å². The monoisotopic (exact) mass is 237 g/mol. The molecule has 88 valence electrons. The topological polar surface area (TPSA) is 111 Å². The van der Waals surface area contributed by atoms with E-state index in [1.54, 1.807) is 0 Å². The van der Waals surface area contributed by atoms with Gasteiger partial charge in [0.1, 0.15) is 24.4 Å². The van der Waals surface area contributed by atoms with Gasteiger partial charge in [-0.05, 0) is 6.07 Å². The lowest BCUT2D eigenvalue weighted by atomic mass is 10.3. The highest BCUT2D eigenvalue weighted by molar-refractivity contribution is 5.87. The van der Waals surface area contributed by atoms with Gasteiger partial charge in [0.05, 0.1) is 17.0 Å². The Balaban J connectivity index is 2.13. The Kier molecular flexibility index (Phi) is 2.61. The van der Waals surface area contributed by atoms with Crippen molar-refractivity contribution >= 4 is 11.7 Å². The van der Waals surface area contributed by atoms with E-state index < -0.39 is 10.9 Å². The molecule has 0 atom stereocenters. The smallest absolute Gasteiger partial charge is 0.338 e. The van der Waals surface area contributed by atoms with Crippen LogP contribution in [0.3, 0.4) is 0 Å². The first kappa shape index (κ1) is 10.9. The van der Waals surface area contributed by atoms with Gasteiger partial charge in [-0.15, -0.1) is 0 Å². The Morgan fingerprint density at radius 1 is 1.65 bits per heavy atom. The summed E-state index contributed by atoms with van der Waals surface area (Å²) >= 11 is 0. The van der Waals surface area contributed by atoms with Crippen LogP contribution >= 0.6 is 0 Å². The van der Waals surface area contributed by atoms with E-state index >= 15 is 0 Å². The molecule has 0 aliphatic carbocycles. The van der Waals surface area contributed by atoms with Crippen molar-refractivity contribution in [1.82, 2.24) is 9.78 Å². The fourth-order valence-electron chi connectivity index (χ4n) is 1.27. The van der Waals surface area contributed by atoms with Crippen LogP contribution in [0.1, 0.15) is 16.1 Å². The summed E-state index contributed by atoms with van der Waals surface area (Å²) in [5, 5.41) is 22.8. The van der Waals surface area contributed by atoms with Gasteiger partial charge in [0.2, 0.25) is 0 Å². The predicted molar refractivity (Wildman–Crippen MR) is 53.7 cm³/mol. The van der Waals surface area contributed by atoms with E-state index in [0.29, 0.717) is 5.76 Å². The van der Waals surface area contributed by atoms with Crippen LogP contribution in [0, 0.1) is 10.1 Å². The second-order valence-corrected chi connectivity index (χ2v) is 3.26. The third-order valence-electron chi connectivity index (χ3n) is 2.05. The molecular formula is C9H7N3O5. The molecule has 2 rings (SSSR count). The van der Waals surface area contributed by atoms with Crippen LogP contribution in [0.25, 0.3) is 0 Å². The molecule has 0 aliphatic heterocycles. The third-order valence-corrected chi connectivity index (χ3v) is 2.05. The number of aromatic carboxylic acids is 1. The summed E-state index contributed by atoms with van der Waals surface area (Å²) in [7, 11) is 0. The second kappa shape index (κ2) is 4.08. The van der Waals surface area contributed by atoms with Gasteiger partial charge >= 0.3 is 11.7 Å². The fourth-order valence-corrected chi connectivity index (χ4v) is 1.27. The minimum Gasteiger partial charge on any atom is -0.478 e. The third kappa shape index (κ3) is 2.30. The van der Waals surface area contributed by atoms with Crippen molar-refractivity contribution in [1.29, 1.82) is 0 Å². The molecule has 0 saturated carbocycles. The van der Waals surface area contributed by atoms with E-state index in [2.05, 4.69) is 5.10 Å². The largest absolute Gasteiger partial charge is 0.478 e. The van der Waals surface area contributed by atoms with Crippen LogP contribution in [-0.2, 0) is 6.54 Å². The molecule has 0 fully saturated rings.